The van der Waals surface area contributed by atoms with Gasteiger partial charge >= 0.3 is 15.0 Å². The highest BCUT2D eigenvalue weighted by Gasteiger charge is 2.37. The van der Waals surface area contributed by atoms with Crippen LogP contribution in [0.5, 0.6) is 0 Å². The van der Waals surface area contributed by atoms with Crippen molar-refractivity contribution >= 4 is 49.4 Å². The molecule has 0 aromatic heterocycles. The van der Waals surface area contributed by atoms with Crippen molar-refractivity contribution in [2.24, 2.45) is 0 Å². The van der Waals surface area contributed by atoms with Gasteiger partial charge in [0.15, 0.2) is 0 Å². The van der Waals surface area contributed by atoms with Crippen LogP contribution in [0.15, 0.2) is 64.4 Å². The largest absolute Gasteiger partial charge is 0.427 e. The second-order valence-electron chi connectivity index (χ2n) is 12.5. The van der Waals surface area contributed by atoms with Crippen molar-refractivity contribution in [3.8, 4) is 11.1 Å². The Hall–Kier alpha value is -1.41. The number of fused-ring (bicyclic) bond motifs is 2. The summed E-state index contributed by atoms with van der Waals surface area (Å²) in [4.78, 5) is 2.59. The monoisotopic (exact) mass is 562 g/mol. The normalized spacial score (nSPS) is 19.5. The third-order valence-electron chi connectivity index (χ3n) is 8.24. The van der Waals surface area contributed by atoms with E-state index in [1.165, 1.54) is 9.79 Å². The van der Waals surface area contributed by atoms with Gasteiger partial charge in [0.05, 0.1) is 22.4 Å². The molecule has 0 amide bonds. The summed E-state index contributed by atoms with van der Waals surface area (Å²) in [5, 5.41) is 22.1. The molecule has 8 heteroatoms. The molecule has 0 spiro atoms. The van der Waals surface area contributed by atoms with Crippen molar-refractivity contribution < 1.29 is 19.5 Å². The fourth-order valence-corrected chi connectivity index (χ4v) is 6.53. The molecule has 2 aromatic rings. The molecule has 2 unspecified atom stereocenters. The average Bonchev–Trinajstić information content (AvgIpc) is 2.84. The number of aliphatic hydroxyl groups is 2. The lowest BCUT2D eigenvalue weighted by molar-refractivity contribution is -0.0894. The molecule has 4 rings (SSSR count). The summed E-state index contributed by atoms with van der Waals surface area (Å²) in [6.45, 7) is 16.6. The lowest BCUT2D eigenvalue weighted by Crippen LogP contribution is -2.50. The van der Waals surface area contributed by atoms with Gasteiger partial charge in [0, 0.05) is 20.3 Å². The van der Waals surface area contributed by atoms with Gasteiger partial charge in [-0.25, -0.2) is 0 Å². The summed E-state index contributed by atoms with van der Waals surface area (Å²) in [5.41, 5.74) is 1.30. The van der Waals surface area contributed by atoms with E-state index in [1.807, 2.05) is 58.1 Å². The highest BCUT2D eigenvalue weighted by Crippen LogP contribution is 2.48. The Bertz CT molecular complexity index is 1220. The first-order chi connectivity index (χ1) is 18.0. The van der Waals surface area contributed by atoms with Gasteiger partial charge < -0.3 is 19.5 Å². The molecule has 4 nitrogen and oxygen atoms in total. The van der Waals surface area contributed by atoms with E-state index >= 15 is 0 Å². The summed E-state index contributed by atoms with van der Waals surface area (Å²) in [6, 6.07) is 10.9. The smallest absolute Gasteiger partial charge is 0.331 e. The van der Waals surface area contributed by atoms with E-state index in [1.54, 1.807) is 42.7 Å². The van der Waals surface area contributed by atoms with Gasteiger partial charge in [0.1, 0.15) is 0 Å². The number of rotatable bonds is 9. The minimum absolute atomic E-state index is 0.434. The van der Waals surface area contributed by atoms with Crippen LogP contribution in [0, 0.1) is 6.92 Å². The minimum Gasteiger partial charge on any atom is -0.427 e. The molecule has 1 aliphatic carbocycles. The van der Waals surface area contributed by atoms with Crippen LogP contribution < -0.4 is 10.9 Å². The van der Waals surface area contributed by atoms with E-state index < -0.39 is 22.4 Å². The summed E-state index contributed by atoms with van der Waals surface area (Å²) in [5.74, 6) is 0. The zero-order chi connectivity index (χ0) is 28.8. The van der Waals surface area contributed by atoms with Crippen LogP contribution in [0.3, 0.4) is 0 Å². The Morgan fingerprint density at radius 2 is 1.13 bits per heavy atom. The predicted molar refractivity (Wildman–Crippen MR) is 168 cm³/mol. The van der Waals surface area contributed by atoms with Crippen LogP contribution in [0.25, 0.3) is 11.1 Å². The standard InChI is InChI=1S/C31H40B2O4S2/c1-19-22(32-36-30(6,7)28(2,3)34)16-21(17-23(19)33-37-31(8,9)29(4,5)35)20-14-15-26-27(18-20)39-25-13-11-10-12-24(25)38-26/h10-18,24-25,34-35H,1-9H3. The molecule has 0 saturated heterocycles. The number of benzene rings is 2. The molecule has 2 N–H and O–H groups in total. The molecular formula is C31H40B2O4S2. The fraction of sp³-hybridized carbons (Fsp3) is 0.484. The average molecular weight is 562 g/mol. The Labute approximate surface area is 244 Å². The number of hydrogen-bond donors (Lipinski definition) is 2. The fourth-order valence-electron chi connectivity index (χ4n) is 3.83. The van der Waals surface area contributed by atoms with Crippen LogP contribution in [0.1, 0.15) is 61.0 Å². The lowest BCUT2D eigenvalue weighted by atomic mass is 9.72. The van der Waals surface area contributed by atoms with E-state index in [0.29, 0.717) is 10.5 Å². The first-order valence-corrected chi connectivity index (χ1v) is 15.2. The summed E-state index contributed by atoms with van der Waals surface area (Å²) >= 11 is 3.84. The van der Waals surface area contributed by atoms with Crippen LogP contribution in [0.2, 0.25) is 0 Å². The second kappa shape index (κ2) is 11.1. The zero-order valence-corrected chi connectivity index (χ0v) is 26.2. The second-order valence-corrected chi connectivity index (χ2v) is 14.9. The maximum Gasteiger partial charge on any atom is 0.331 e. The van der Waals surface area contributed by atoms with Gasteiger partial charge in [-0.3, -0.25) is 0 Å². The first kappa shape index (κ1) is 30.5. The third kappa shape index (κ3) is 6.74. The maximum absolute atomic E-state index is 10.6. The van der Waals surface area contributed by atoms with E-state index in [9.17, 15) is 10.2 Å². The molecule has 2 radical (unpaired) electrons. The molecular weight excluding hydrogens is 522 g/mol. The lowest BCUT2D eigenvalue weighted by Gasteiger charge is -2.38. The van der Waals surface area contributed by atoms with Crippen molar-refractivity contribution in [3.63, 3.8) is 0 Å². The molecule has 1 heterocycles. The maximum atomic E-state index is 10.6. The van der Waals surface area contributed by atoms with Crippen molar-refractivity contribution in [2.45, 2.75) is 105 Å². The quantitative estimate of drug-likeness (QED) is 0.403. The highest BCUT2D eigenvalue weighted by molar-refractivity contribution is 8.06. The Balaban J connectivity index is 1.70. The molecule has 39 heavy (non-hydrogen) atoms. The van der Waals surface area contributed by atoms with Gasteiger partial charge in [0.2, 0.25) is 0 Å². The number of thioether (sulfide) groups is 2. The molecule has 2 aromatic carbocycles. The molecule has 0 saturated carbocycles. The molecule has 1 aliphatic heterocycles. The summed E-state index contributed by atoms with van der Waals surface area (Å²) < 4.78 is 12.3. The first-order valence-electron chi connectivity index (χ1n) is 13.4. The molecule has 2 aliphatic rings. The third-order valence-corrected chi connectivity index (χ3v) is 11.2. The number of allylic oxidation sites excluding steroid dienone is 2. The van der Waals surface area contributed by atoms with Gasteiger partial charge in [-0.1, -0.05) is 59.0 Å². The number of hydrogen-bond acceptors (Lipinski definition) is 6. The Kier molecular flexibility index (Phi) is 8.70. The Morgan fingerprint density at radius 1 is 0.667 bits per heavy atom. The Morgan fingerprint density at radius 3 is 1.59 bits per heavy atom. The van der Waals surface area contributed by atoms with Crippen LogP contribution in [0.4, 0.5) is 0 Å². The van der Waals surface area contributed by atoms with E-state index in [2.05, 4.69) is 54.6 Å². The molecule has 206 valence electrons. The van der Waals surface area contributed by atoms with Crippen molar-refractivity contribution in [2.75, 3.05) is 0 Å². The van der Waals surface area contributed by atoms with Crippen LogP contribution in [-0.2, 0) is 9.31 Å². The zero-order valence-electron chi connectivity index (χ0n) is 24.5. The topological polar surface area (TPSA) is 58.9 Å². The van der Waals surface area contributed by atoms with Gasteiger partial charge in [-0.2, -0.15) is 0 Å². The SMILES string of the molecule is Cc1c([B]OC(C)(C)C(C)(C)O)cc(-c2ccc3c(c2)SC2C=CC=CC2S3)cc1[B]OC(C)(C)C(C)(C)O. The van der Waals surface area contributed by atoms with Gasteiger partial charge in [0.25, 0.3) is 0 Å². The van der Waals surface area contributed by atoms with E-state index in [-0.39, 0.29) is 0 Å². The molecule has 0 fully saturated rings. The van der Waals surface area contributed by atoms with Crippen LogP contribution >= 0.6 is 23.5 Å². The van der Waals surface area contributed by atoms with Crippen LogP contribution in [-0.4, -0.2) is 58.1 Å². The minimum atomic E-state index is -1.03. The summed E-state index contributed by atoms with van der Waals surface area (Å²) in [7, 11) is 3.48. The van der Waals surface area contributed by atoms with Crippen molar-refractivity contribution in [1.29, 1.82) is 0 Å². The van der Waals surface area contributed by atoms with E-state index in [4.69, 9.17) is 9.31 Å². The van der Waals surface area contributed by atoms with E-state index in [0.717, 1.165) is 27.6 Å². The molecule has 0 bridgehead atoms. The van der Waals surface area contributed by atoms with Gasteiger partial charge in [-0.05, 0) is 85.6 Å². The van der Waals surface area contributed by atoms with Gasteiger partial charge in [-0.15, -0.1) is 23.5 Å². The van der Waals surface area contributed by atoms with Crippen molar-refractivity contribution in [1.82, 2.24) is 0 Å². The highest BCUT2D eigenvalue weighted by atomic mass is 32.2. The predicted octanol–water partition coefficient (Wildman–Crippen LogP) is 5.34. The molecule has 2 atom stereocenters. The van der Waals surface area contributed by atoms with Crippen molar-refractivity contribution in [3.05, 3.63) is 60.2 Å². The summed E-state index contributed by atoms with van der Waals surface area (Å²) in [6.07, 6.45) is 8.85.